The minimum Gasteiger partial charge on any atom is -0.490 e. The molecular formula is C26H20Cl2FNO4S. The fourth-order valence-corrected chi connectivity index (χ4v) is 4.54. The van der Waals surface area contributed by atoms with Gasteiger partial charge in [0.05, 0.1) is 28.1 Å². The van der Waals surface area contributed by atoms with E-state index in [-0.39, 0.29) is 29.1 Å². The van der Waals surface area contributed by atoms with Crippen molar-refractivity contribution in [1.82, 2.24) is 4.90 Å². The number of halogens is 3. The van der Waals surface area contributed by atoms with Crippen LogP contribution in [0.5, 0.6) is 11.5 Å². The highest BCUT2D eigenvalue weighted by Crippen LogP contribution is 2.36. The van der Waals surface area contributed by atoms with Gasteiger partial charge in [0.25, 0.3) is 11.1 Å². The van der Waals surface area contributed by atoms with E-state index in [1.165, 1.54) is 6.07 Å². The number of imide groups is 1. The summed E-state index contributed by atoms with van der Waals surface area (Å²) in [6, 6.07) is 16.5. The van der Waals surface area contributed by atoms with Crippen molar-refractivity contribution in [3.8, 4) is 11.5 Å². The van der Waals surface area contributed by atoms with Gasteiger partial charge in [-0.25, -0.2) is 4.39 Å². The molecule has 1 aliphatic rings. The molecule has 0 aromatic heterocycles. The number of hydrogen-bond acceptors (Lipinski definition) is 5. The number of benzene rings is 3. The van der Waals surface area contributed by atoms with Gasteiger partial charge in [0.2, 0.25) is 0 Å². The molecule has 1 saturated heterocycles. The average Bonchev–Trinajstić information content (AvgIpc) is 3.09. The molecule has 1 fully saturated rings. The van der Waals surface area contributed by atoms with Gasteiger partial charge < -0.3 is 9.47 Å². The van der Waals surface area contributed by atoms with Crippen LogP contribution in [0.1, 0.15) is 23.6 Å². The van der Waals surface area contributed by atoms with Crippen LogP contribution in [0.15, 0.2) is 65.6 Å². The molecule has 0 bridgehead atoms. The molecule has 3 aromatic carbocycles. The van der Waals surface area contributed by atoms with Crippen LogP contribution in [0, 0.1) is 5.82 Å². The number of thioether (sulfide) groups is 1. The van der Waals surface area contributed by atoms with E-state index in [4.69, 9.17) is 32.7 Å². The van der Waals surface area contributed by atoms with Crippen molar-refractivity contribution < 1.29 is 23.5 Å². The molecule has 5 nitrogen and oxygen atoms in total. The molecule has 180 valence electrons. The summed E-state index contributed by atoms with van der Waals surface area (Å²) in [7, 11) is 0. The van der Waals surface area contributed by atoms with Crippen LogP contribution in [-0.2, 0) is 17.9 Å². The summed E-state index contributed by atoms with van der Waals surface area (Å²) >= 11 is 12.9. The SMILES string of the molecule is CCOc1cc(/C=C2\SC(=O)N(Cc3ccc(Cl)c(Cl)c3)C2=O)ccc1OCc1ccccc1F. The Morgan fingerprint density at radius 1 is 0.971 bits per heavy atom. The van der Waals surface area contributed by atoms with Crippen LogP contribution in [0.25, 0.3) is 6.08 Å². The second kappa shape index (κ2) is 11.2. The van der Waals surface area contributed by atoms with E-state index in [0.29, 0.717) is 44.8 Å². The first-order chi connectivity index (χ1) is 16.9. The monoisotopic (exact) mass is 531 g/mol. The highest BCUT2D eigenvalue weighted by Gasteiger charge is 2.35. The predicted molar refractivity (Wildman–Crippen MR) is 136 cm³/mol. The van der Waals surface area contributed by atoms with Crippen molar-refractivity contribution in [3.05, 3.63) is 98.1 Å². The Kier molecular flexibility index (Phi) is 8.00. The third-order valence-corrected chi connectivity index (χ3v) is 6.75. The predicted octanol–water partition coefficient (Wildman–Crippen LogP) is 7.35. The van der Waals surface area contributed by atoms with Crippen LogP contribution in [0.3, 0.4) is 0 Å². The smallest absolute Gasteiger partial charge is 0.293 e. The minimum atomic E-state index is -0.399. The van der Waals surface area contributed by atoms with E-state index in [9.17, 15) is 14.0 Å². The van der Waals surface area contributed by atoms with Gasteiger partial charge in [-0.05, 0) is 66.2 Å². The minimum absolute atomic E-state index is 0.0414. The average molecular weight is 532 g/mol. The Balaban J connectivity index is 1.51. The second-order valence-electron chi connectivity index (χ2n) is 7.54. The van der Waals surface area contributed by atoms with Crippen molar-refractivity contribution in [3.63, 3.8) is 0 Å². The second-order valence-corrected chi connectivity index (χ2v) is 9.34. The van der Waals surface area contributed by atoms with E-state index in [1.54, 1.807) is 60.7 Å². The Hall–Kier alpha value is -3.00. The van der Waals surface area contributed by atoms with Crippen molar-refractivity contribution in [2.24, 2.45) is 0 Å². The van der Waals surface area contributed by atoms with Gasteiger partial charge in [-0.3, -0.25) is 14.5 Å². The molecule has 0 atom stereocenters. The Morgan fingerprint density at radius 2 is 1.77 bits per heavy atom. The van der Waals surface area contributed by atoms with E-state index in [2.05, 4.69) is 0 Å². The zero-order valence-corrected chi connectivity index (χ0v) is 20.9. The number of carbonyl (C=O) groups excluding carboxylic acids is 2. The molecular weight excluding hydrogens is 512 g/mol. The van der Waals surface area contributed by atoms with Gasteiger partial charge in [-0.1, -0.05) is 53.5 Å². The standard InChI is InChI=1S/C26H20Cl2FNO4S/c1-2-33-23-12-16(8-10-22(23)34-15-18-5-3-4-6-21(18)29)13-24-25(31)30(26(32)35-24)14-17-7-9-19(27)20(28)11-17/h3-13H,2,14-15H2,1H3/b24-13-. The molecule has 1 aliphatic heterocycles. The van der Waals surface area contributed by atoms with Crippen LogP contribution in [0.2, 0.25) is 10.0 Å². The molecule has 3 aromatic rings. The number of hydrogen-bond donors (Lipinski definition) is 0. The molecule has 0 saturated carbocycles. The lowest BCUT2D eigenvalue weighted by Crippen LogP contribution is -2.27. The third-order valence-electron chi connectivity index (χ3n) is 5.10. The van der Waals surface area contributed by atoms with Crippen molar-refractivity contribution in [2.75, 3.05) is 6.61 Å². The maximum absolute atomic E-state index is 13.9. The number of rotatable bonds is 8. The van der Waals surface area contributed by atoms with Crippen molar-refractivity contribution in [2.45, 2.75) is 20.1 Å². The lowest BCUT2D eigenvalue weighted by atomic mass is 10.1. The zero-order chi connectivity index (χ0) is 24.9. The third kappa shape index (κ3) is 5.99. The number of carbonyl (C=O) groups is 2. The van der Waals surface area contributed by atoms with E-state index < -0.39 is 5.91 Å². The van der Waals surface area contributed by atoms with Crippen molar-refractivity contribution in [1.29, 1.82) is 0 Å². The number of ether oxygens (including phenoxy) is 2. The van der Waals surface area contributed by atoms with Crippen LogP contribution < -0.4 is 9.47 Å². The molecule has 2 amide bonds. The number of nitrogens with zero attached hydrogens (tertiary/aromatic N) is 1. The van der Waals surface area contributed by atoms with E-state index in [1.807, 2.05) is 6.92 Å². The molecule has 9 heteroatoms. The lowest BCUT2D eigenvalue weighted by molar-refractivity contribution is -0.123. The molecule has 0 N–H and O–H groups in total. The van der Waals surface area contributed by atoms with Gasteiger partial charge in [0, 0.05) is 5.56 Å². The molecule has 35 heavy (non-hydrogen) atoms. The van der Waals surface area contributed by atoms with Crippen molar-refractivity contribution >= 4 is 52.2 Å². The van der Waals surface area contributed by atoms with Gasteiger partial charge in [-0.15, -0.1) is 0 Å². The van der Waals surface area contributed by atoms with Gasteiger partial charge >= 0.3 is 0 Å². The summed E-state index contributed by atoms with van der Waals surface area (Å²) < 4.78 is 25.4. The first-order valence-corrected chi connectivity index (χ1v) is 12.2. The Bertz CT molecular complexity index is 1310. The van der Waals surface area contributed by atoms with E-state index in [0.717, 1.165) is 16.7 Å². The maximum Gasteiger partial charge on any atom is 0.293 e. The van der Waals surface area contributed by atoms with Gasteiger partial charge in [-0.2, -0.15) is 0 Å². The molecule has 0 aliphatic carbocycles. The maximum atomic E-state index is 13.9. The molecule has 4 rings (SSSR count). The Labute approximate surface area is 216 Å². The molecule has 0 radical (unpaired) electrons. The van der Waals surface area contributed by atoms with Crippen LogP contribution in [-0.4, -0.2) is 22.7 Å². The summed E-state index contributed by atoms with van der Waals surface area (Å²) in [5.74, 6) is 0.148. The first kappa shape index (κ1) is 25.1. The zero-order valence-electron chi connectivity index (χ0n) is 18.6. The van der Waals surface area contributed by atoms with Crippen LogP contribution in [0.4, 0.5) is 9.18 Å². The van der Waals surface area contributed by atoms with Gasteiger partial charge in [0.1, 0.15) is 12.4 Å². The summed E-state index contributed by atoms with van der Waals surface area (Å²) in [6.45, 7) is 2.35. The fourth-order valence-electron chi connectivity index (χ4n) is 3.38. The van der Waals surface area contributed by atoms with E-state index >= 15 is 0 Å². The van der Waals surface area contributed by atoms with Crippen LogP contribution >= 0.6 is 35.0 Å². The lowest BCUT2D eigenvalue weighted by Gasteiger charge is -2.13. The highest BCUT2D eigenvalue weighted by molar-refractivity contribution is 8.18. The fraction of sp³-hybridized carbons (Fsp3) is 0.154. The quantitative estimate of drug-likeness (QED) is 0.284. The molecule has 0 spiro atoms. The first-order valence-electron chi connectivity index (χ1n) is 10.7. The molecule has 1 heterocycles. The summed E-state index contributed by atoms with van der Waals surface area (Å²) in [4.78, 5) is 26.9. The topological polar surface area (TPSA) is 55.8 Å². The normalized spacial score (nSPS) is 14.6. The largest absolute Gasteiger partial charge is 0.490 e. The summed E-state index contributed by atoms with van der Waals surface area (Å²) in [5, 5.41) is 0.380. The summed E-state index contributed by atoms with van der Waals surface area (Å²) in [6.07, 6.45) is 1.63. The Morgan fingerprint density at radius 3 is 2.51 bits per heavy atom. The molecule has 0 unspecified atom stereocenters. The number of amides is 2. The highest BCUT2D eigenvalue weighted by atomic mass is 35.5. The van der Waals surface area contributed by atoms with Gasteiger partial charge in [0.15, 0.2) is 11.5 Å². The summed E-state index contributed by atoms with van der Waals surface area (Å²) in [5.41, 5.74) is 1.78.